The lowest BCUT2D eigenvalue weighted by molar-refractivity contribution is -0.0151. The molecule has 2 aliphatic carbocycles. The van der Waals surface area contributed by atoms with Crippen LogP contribution in [0.3, 0.4) is 0 Å². The van der Waals surface area contributed by atoms with Crippen molar-refractivity contribution in [2.45, 2.75) is 56.5 Å². The van der Waals surface area contributed by atoms with Gasteiger partial charge in [0.25, 0.3) is 0 Å². The second kappa shape index (κ2) is 8.56. The Hall–Kier alpha value is -2.31. The summed E-state index contributed by atoms with van der Waals surface area (Å²) in [6.45, 7) is 4.72. The Morgan fingerprint density at radius 2 is 1.91 bits per heavy atom. The molecule has 1 aromatic heterocycles. The van der Waals surface area contributed by atoms with Crippen molar-refractivity contribution in [3.05, 3.63) is 47.8 Å². The van der Waals surface area contributed by atoms with Crippen LogP contribution < -0.4 is 15.8 Å². The Kier molecular flexibility index (Phi) is 6.12. The van der Waals surface area contributed by atoms with Crippen LogP contribution in [0.25, 0.3) is 0 Å². The Morgan fingerprint density at radius 3 is 2.66 bits per heavy atom. The lowest BCUT2D eigenvalue weighted by Crippen LogP contribution is -2.35. The van der Waals surface area contributed by atoms with Crippen molar-refractivity contribution in [1.82, 2.24) is 9.97 Å². The third kappa shape index (κ3) is 4.86. The van der Waals surface area contributed by atoms with Gasteiger partial charge in [-0.15, -0.1) is 0 Å². The predicted molar refractivity (Wildman–Crippen MR) is 119 cm³/mol. The van der Waals surface area contributed by atoms with E-state index in [-0.39, 0.29) is 24.4 Å². The van der Waals surface area contributed by atoms with Crippen LogP contribution in [0.1, 0.15) is 43.9 Å². The van der Waals surface area contributed by atoms with Gasteiger partial charge in [-0.05, 0) is 29.4 Å². The summed E-state index contributed by atoms with van der Waals surface area (Å²) in [5.74, 6) is 0.777. The molecule has 10 nitrogen and oxygen atoms in total. The van der Waals surface area contributed by atoms with E-state index in [0.29, 0.717) is 11.6 Å². The first-order valence-electron chi connectivity index (χ1n) is 10.5. The first-order valence-corrected chi connectivity index (χ1v) is 12.0. The fraction of sp³-hybridized carbons (Fsp3) is 0.524. The summed E-state index contributed by atoms with van der Waals surface area (Å²) >= 11 is 0. The summed E-state index contributed by atoms with van der Waals surface area (Å²) in [6.07, 6.45) is -1.05. The van der Waals surface area contributed by atoms with Crippen molar-refractivity contribution in [1.29, 1.82) is 0 Å². The van der Waals surface area contributed by atoms with Gasteiger partial charge < -0.3 is 20.8 Å². The number of aliphatic hydroxyl groups is 2. The van der Waals surface area contributed by atoms with E-state index in [9.17, 15) is 18.6 Å². The van der Waals surface area contributed by atoms with Gasteiger partial charge in [-0.1, -0.05) is 38.1 Å². The summed E-state index contributed by atoms with van der Waals surface area (Å²) in [6, 6.07) is 10.3. The molecule has 0 bridgehead atoms. The SMILES string of the molecule is CC1(C)C[C@H](Nc2cc(NC[C@@H]3C[C@H](OS(N)(=O)=O)[C@@H](O)[C@H]3O)ncn2)c2ccccc21. The molecule has 5 atom stereocenters. The van der Waals surface area contributed by atoms with Gasteiger partial charge in [-0.3, -0.25) is 4.18 Å². The Labute approximate surface area is 187 Å². The molecule has 32 heavy (non-hydrogen) atoms. The smallest absolute Gasteiger partial charge is 0.333 e. The number of benzene rings is 1. The van der Waals surface area contributed by atoms with E-state index in [4.69, 9.17) is 5.14 Å². The van der Waals surface area contributed by atoms with E-state index >= 15 is 0 Å². The normalized spacial score (nSPS) is 29.0. The second-order valence-electron chi connectivity index (χ2n) is 9.15. The number of nitrogens with one attached hydrogen (secondary N) is 2. The second-order valence-corrected chi connectivity index (χ2v) is 10.3. The van der Waals surface area contributed by atoms with Crippen LogP contribution in [-0.4, -0.2) is 53.5 Å². The van der Waals surface area contributed by atoms with Crippen LogP contribution in [-0.2, 0) is 19.9 Å². The van der Waals surface area contributed by atoms with Crippen molar-refractivity contribution in [2.24, 2.45) is 11.1 Å². The van der Waals surface area contributed by atoms with Crippen molar-refractivity contribution < 1.29 is 22.8 Å². The van der Waals surface area contributed by atoms with E-state index < -0.39 is 34.5 Å². The van der Waals surface area contributed by atoms with E-state index in [2.05, 4.69) is 56.8 Å². The zero-order valence-electron chi connectivity index (χ0n) is 18.0. The molecule has 2 aromatic rings. The number of hydrogen-bond donors (Lipinski definition) is 5. The first kappa shape index (κ1) is 22.9. The highest BCUT2D eigenvalue weighted by Crippen LogP contribution is 2.45. The highest BCUT2D eigenvalue weighted by Gasteiger charge is 2.43. The molecule has 11 heteroatoms. The van der Waals surface area contributed by atoms with Gasteiger partial charge in [0.05, 0.1) is 12.1 Å². The van der Waals surface area contributed by atoms with Gasteiger partial charge in [0.1, 0.15) is 30.2 Å². The molecule has 0 aliphatic heterocycles. The maximum absolute atomic E-state index is 11.1. The van der Waals surface area contributed by atoms with E-state index in [1.54, 1.807) is 6.07 Å². The topological polar surface area (TPSA) is 160 Å². The molecule has 0 amide bonds. The molecule has 0 radical (unpaired) electrons. The highest BCUT2D eigenvalue weighted by molar-refractivity contribution is 7.84. The molecule has 4 rings (SSSR count). The molecule has 1 saturated carbocycles. The van der Waals surface area contributed by atoms with Crippen LogP contribution in [0.5, 0.6) is 0 Å². The van der Waals surface area contributed by atoms with E-state index in [1.807, 2.05) is 6.07 Å². The van der Waals surface area contributed by atoms with Crippen LogP contribution >= 0.6 is 0 Å². The molecule has 0 saturated heterocycles. The quantitative estimate of drug-likeness (QED) is 0.404. The lowest BCUT2D eigenvalue weighted by Gasteiger charge is -2.20. The summed E-state index contributed by atoms with van der Waals surface area (Å²) in [5.41, 5.74) is 2.65. The summed E-state index contributed by atoms with van der Waals surface area (Å²) in [4.78, 5) is 8.55. The number of rotatable bonds is 7. The molecule has 1 heterocycles. The average Bonchev–Trinajstić information content (AvgIpc) is 3.13. The van der Waals surface area contributed by atoms with Crippen molar-refractivity contribution in [3.8, 4) is 0 Å². The van der Waals surface area contributed by atoms with Crippen LogP contribution in [0.2, 0.25) is 0 Å². The van der Waals surface area contributed by atoms with Crippen LogP contribution in [0.4, 0.5) is 11.6 Å². The molecular formula is C21H29N5O5S. The van der Waals surface area contributed by atoms with Gasteiger partial charge >= 0.3 is 10.3 Å². The Morgan fingerprint density at radius 1 is 1.19 bits per heavy atom. The summed E-state index contributed by atoms with van der Waals surface area (Å²) in [7, 11) is -4.22. The van der Waals surface area contributed by atoms with Gasteiger partial charge in [-0.2, -0.15) is 8.42 Å². The average molecular weight is 464 g/mol. The first-order chi connectivity index (χ1) is 15.0. The molecule has 0 unspecified atom stereocenters. The Bertz CT molecular complexity index is 1080. The number of aliphatic hydroxyl groups excluding tert-OH is 2. The van der Waals surface area contributed by atoms with Gasteiger partial charge in [0.15, 0.2) is 0 Å². The zero-order valence-corrected chi connectivity index (χ0v) is 18.8. The monoisotopic (exact) mass is 463 g/mol. The third-order valence-electron chi connectivity index (χ3n) is 6.32. The summed E-state index contributed by atoms with van der Waals surface area (Å²) in [5, 5.41) is 31.8. The number of nitrogens with two attached hydrogens (primary N) is 1. The fourth-order valence-electron chi connectivity index (χ4n) is 4.77. The van der Waals surface area contributed by atoms with E-state index in [1.165, 1.54) is 17.5 Å². The molecule has 1 fully saturated rings. The molecule has 6 N–H and O–H groups in total. The van der Waals surface area contributed by atoms with Crippen molar-refractivity contribution in [3.63, 3.8) is 0 Å². The van der Waals surface area contributed by atoms with Gasteiger partial charge in [-0.25, -0.2) is 15.1 Å². The van der Waals surface area contributed by atoms with Gasteiger partial charge in [0.2, 0.25) is 0 Å². The number of nitrogens with zero attached hydrogens (tertiary/aromatic N) is 2. The molecule has 0 spiro atoms. The van der Waals surface area contributed by atoms with Crippen LogP contribution in [0.15, 0.2) is 36.7 Å². The van der Waals surface area contributed by atoms with Crippen molar-refractivity contribution >= 4 is 21.9 Å². The zero-order chi connectivity index (χ0) is 23.1. The number of aromatic nitrogens is 2. The fourth-order valence-corrected chi connectivity index (χ4v) is 5.31. The minimum absolute atomic E-state index is 0.0669. The minimum Gasteiger partial charge on any atom is -0.390 e. The number of fused-ring (bicyclic) bond motifs is 1. The minimum atomic E-state index is -4.22. The van der Waals surface area contributed by atoms with Gasteiger partial charge in [0, 0.05) is 18.5 Å². The number of anilines is 2. The summed E-state index contributed by atoms with van der Waals surface area (Å²) < 4.78 is 27.0. The molecule has 1 aromatic carbocycles. The molecule has 174 valence electrons. The molecular weight excluding hydrogens is 434 g/mol. The lowest BCUT2D eigenvalue weighted by atomic mass is 9.86. The van der Waals surface area contributed by atoms with E-state index in [0.717, 1.165) is 6.42 Å². The number of hydrogen-bond acceptors (Lipinski definition) is 9. The standard InChI is InChI=1S/C21H29N5O5S/c1-21(2)9-15(13-5-3-4-6-14(13)21)26-18-8-17(24-11-25-18)23-10-12-7-16(20(28)19(12)27)31-32(22,29)30/h3-6,8,11-12,15-16,19-20,27-28H,7,9-10H2,1-2H3,(H2,22,29,30)(H2,23,24,25,26)/t12-,15-,16-,19-,20+/m0/s1. The van der Waals surface area contributed by atoms with Crippen molar-refractivity contribution in [2.75, 3.05) is 17.2 Å². The predicted octanol–water partition coefficient (Wildman–Crippen LogP) is 1.05. The third-order valence-corrected chi connectivity index (χ3v) is 6.84. The Balaban J connectivity index is 1.39. The maximum Gasteiger partial charge on any atom is 0.333 e. The largest absolute Gasteiger partial charge is 0.390 e. The molecule has 2 aliphatic rings. The highest BCUT2D eigenvalue weighted by atomic mass is 32.2. The maximum atomic E-state index is 11.1. The van der Waals surface area contributed by atoms with Crippen LogP contribution in [0, 0.1) is 5.92 Å².